The van der Waals surface area contributed by atoms with Crippen LogP contribution in [0.3, 0.4) is 0 Å². The predicted octanol–water partition coefficient (Wildman–Crippen LogP) is 4.80. The highest BCUT2D eigenvalue weighted by Crippen LogP contribution is 2.36. The minimum Gasteiger partial charge on any atom is -0.368 e. The van der Waals surface area contributed by atoms with Crippen LogP contribution in [0.2, 0.25) is 0 Å². The van der Waals surface area contributed by atoms with E-state index in [9.17, 15) is 26.7 Å². The van der Waals surface area contributed by atoms with Crippen molar-refractivity contribution in [3.05, 3.63) is 59.7 Å². The van der Waals surface area contributed by atoms with E-state index >= 15 is 0 Å². The van der Waals surface area contributed by atoms with E-state index in [1.54, 1.807) is 32.4 Å². The molecule has 192 valence electrons. The highest BCUT2D eigenvalue weighted by molar-refractivity contribution is 5.98. The molecule has 0 spiro atoms. The zero-order chi connectivity index (χ0) is 26.3. The van der Waals surface area contributed by atoms with Crippen molar-refractivity contribution in [3.63, 3.8) is 0 Å². The monoisotopic (exact) mass is 508 g/mol. The number of hydrogen-bond donors (Lipinski definition) is 1. The molecule has 4 rings (SSSR count). The number of rotatable bonds is 5. The molecular formula is C24H25F5N6O. The van der Waals surface area contributed by atoms with Gasteiger partial charge in [-0.3, -0.25) is 14.5 Å². The Morgan fingerprint density at radius 2 is 1.92 bits per heavy atom. The topological polar surface area (TPSA) is 75.9 Å². The summed E-state index contributed by atoms with van der Waals surface area (Å²) in [6.45, 7) is 2.69. The highest BCUT2D eigenvalue weighted by Gasteiger charge is 2.47. The average Bonchev–Trinajstić information content (AvgIpc) is 3.19. The molecule has 12 heteroatoms. The first-order chi connectivity index (χ1) is 16.8. The van der Waals surface area contributed by atoms with Crippen molar-refractivity contribution in [2.24, 2.45) is 13.0 Å². The molecule has 0 saturated carbocycles. The third-order valence-electron chi connectivity index (χ3n) is 6.14. The number of hydrogen-bond acceptors (Lipinski definition) is 5. The van der Waals surface area contributed by atoms with Gasteiger partial charge in [0.25, 0.3) is 11.8 Å². The lowest BCUT2D eigenvalue weighted by atomic mass is 9.88. The van der Waals surface area contributed by atoms with Crippen LogP contribution in [-0.4, -0.2) is 55.6 Å². The number of aromatic nitrogens is 4. The SMILES string of the molecule is Cc1ccc(-c2cn(C)nc2C(=O)N2CC(F)(F)C[C@@H](C)C2CNc2ccc(C(F)(F)F)cn2)nc1. The van der Waals surface area contributed by atoms with Crippen molar-refractivity contribution in [1.82, 2.24) is 24.6 Å². The number of pyridine rings is 2. The van der Waals surface area contributed by atoms with Crippen LogP contribution in [0.15, 0.2) is 42.9 Å². The van der Waals surface area contributed by atoms with Gasteiger partial charge in [0.05, 0.1) is 29.4 Å². The van der Waals surface area contributed by atoms with Gasteiger partial charge in [-0.15, -0.1) is 0 Å². The number of anilines is 1. The van der Waals surface area contributed by atoms with Gasteiger partial charge in [0.2, 0.25) is 0 Å². The number of alkyl halides is 5. The molecular weight excluding hydrogens is 483 g/mol. The first kappa shape index (κ1) is 25.5. The smallest absolute Gasteiger partial charge is 0.368 e. The number of amides is 1. The molecule has 0 radical (unpaired) electrons. The van der Waals surface area contributed by atoms with Crippen LogP contribution in [0.5, 0.6) is 0 Å². The van der Waals surface area contributed by atoms with Crippen molar-refractivity contribution < 1.29 is 26.7 Å². The van der Waals surface area contributed by atoms with Crippen molar-refractivity contribution in [2.45, 2.75) is 38.4 Å². The predicted molar refractivity (Wildman–Crippen MR) is 122 cm³/mol. The van der Waals surface area contributed by atoms with Gasteiger partial charge in [-0.2, -0.15) is 18.3 Å². The van der Waals surface area contributed by atoms with Crippen LogP contribution < -0.4 is 5.32 Å². The van der Waals surface area contributed by atoms with Crippen molar-refractivity contribution >= 4 is 11.7 Å². The third-order valence-corrected chi connectivity index (χ3v) is 6.14. The molecule has 7 nitrogen and oxygen atoms in total. The summed E-state index contributed by atoms with van der Waals surface area (Å²) < 4.78 is 69.0. The molecule has 36 heavy (non-hydrogen) atoms. The fraction of sp³-hybridized carbons (Fsp3) is 0.417. The summed E-state index contributed by atoms with van der Waals surface area (Å²) in [5.41, 5.74) is 0.917. The first-order valence-electron chi connectivity index (χ1n) is 11.3. The summed E-state index contributed by atoms with van der Waals surface area (Å²) >= 11 is 0. The van der Waals surface area contributed by atoms with Crippen molar-refractivity contribution in [3.8, 4) is 11.3 Å². The lowest BCUT2D eigenvalue weighted by Crippen LogP contribution is -2.57. The Hall–Kier alpha value is -3.57. The summed E-state index contributed by atoms with van der Waals surface area (Å²) in [5, 5.41) is 7.13. The molecule has 1 fully saturated rings. The molecule has 1 saturated heterocycles. The first-order valence-corrected chi connectivity index (χ1v) is 11.3. The summed E-state index contributed by atoms with van der Waals surface area (Å²) in [4.78, 5) is 22.8. The van der Waals surface area contributed by atoms with Gasteiger partial charge in [-0.25, -0.2) is 13.8 Å². The van der Waals surface area contributed by atoms with Gasteiger partial charge >= 0.3 is 6.18 Å². The maximum absolute atomic E-state index is 14.6. The minimum atomic E-state index is -4.52. The van der Waals surface area contributed by atoms with E-state index in [-0.39, 0.29) is 18.1 Å². The maximum Gasteiger partial charge on any atom is 0.417 e. The zero-order valence-corrected chi connectivity index (χ0v) is 19.9. The maximum atomic E-state index is 14.6. The molecule has 1 amide bonds. The second-order valence-corrected chi connectivity index (χ2v) is 9.13. The number of halogens is 5. The van der Waals surface area contributed by atoms with E-state index in [2.05, 4.69) is 20.4 Å². The third kappa shape index (κ3) is 5.47. The molecule has 3 aromatic rings. The number of nitrogens with zero attached hydrogens (tertiary/aromatic N) is 5. The van der Waals surface area contributed by atoms with Crippen LogP contribution in [0.1, 0.15) is 35.0 Å². The number of piperidine rings is 1. The van der Waals surface area contributed by atoms with Gasteiger partial charge in [0.1, 0.15) is 5.82 Å². The number of carbonyl (C=O) groups excluding carboxylic acids is 1. The Labute approximate surface area is 204 Å². The molecule has 1 aliphatic rings. The lowest BCUT2D eigenvalue weighted by Gasteiger charge is -2.43. The summed E-state index contributed by atoms with van der Waals surface area (Å²) in [6.07, 6.45) is -1.02. The molecule has 0 bridgehead atoms. The van der Waals surface area contributed by atoms with E-state index < -0.39 is 48.5 Å². The molecule has 1 unspecified atom stereocenters. The molecule has 1 aliphatic heterocycles. The van der Waals surface area contributed by atoms with E-state index in [4.69, 9.17) is 0 Å². The van der Waals surface area contributed by atoms with E-state index in [0.717, 1.165) is 22.6 Å². The lowest BCUT2D eigenvalue weighted by molar-refractivity contribution is -0.137. The van der Waals surface area contributed by atoms with E-state index in [1.165, 1.54) is 4.68 Å². The Morgan fingerprint density at radius 1 is 1.17 bits per heavy atom. The molecule has 1 N–H and O–H groups in total. The highest BCUT2D eigenvalue weighted by atomic mass is 19.4. The molecule has 0 aromatic carbocycles. The number of likely N-dealkylation sites (tertiary alicyclic amines) is 1. The van der Waals surface area contributed by atoms with Crippen LogP contribution in [0, 0.1) is 12.8 Å². The number of aryl methyl sites for hydroxylation is 2. The number of nitrogens with one attached hydrogen (secondary N) is 1. The van der Waals surface area contributed by atoms with Gasteiger partial charge in [-0.05, 0) is 36.6 Å². The van der Waals surface area contributed by atoms with Crippen LogP contribution >= 0.6 is 0 Å². The summed E-state index contributed by atoms with van der Waals surface area (Å²) in [6, 6.07) is 4.92. The Morgan fingerprint density at radius 3 is 2.53 bits per heavy atom. The molecule has 2 atom stereocenters. The van der Waals surface area contributed by atoms with E-state index in [1.807, 2.05) is 13.0 Å². The number of carbonyl (C=O) groups is 1. The van der Waals surface area contributed by atoms with E-state index in [0.29, 0.717) is 17.5 Å². The fourth-order valence-corrected chi connectivity index (χ4v) is 4.35. The Kier molecular flexibility index (Phi) is 6.72. The van der Waals surface area contributed by atoms with Gasteiger partial charge in [0.15, 0.2) is 5.69 Å². The average molecular weight is 508 g/mol. The largest absolute Gasteiger partial charge is 0.417 e. The summed E-state index contributed by atoms with van der Waals surface area (Å²) in [7, 11) is 1.62. The van der Waals surface area contributed by atoms with Crippen molar-refractivity contribution in [2.75, 3.05) is 18.4 Å². The molecule has 4 heterocycles. The standard InChI is InChI=1S/C24H25F5N6O/c1-14-4-6-18(30-9-14)17-12-34(3)33-21(17)22(36)35-13-23(25,26)8-15(2)19(35)11-32-20-7-5-16(10-31-20)24(27,28)29/h4-7,9-10,12,15,19H,8,11,13H2,1-3H3,(H,31,32)/t15-,19?/m1/s1. The van der Waals surface area contributed by atoms with Crippen LogP contribution in [0.4, 0.5) is 27.8 Å². The zero-order valence-electron chi connectivity index (χ0n) is 19.9. The minimum absolute atomic E-state index is 0.00333. The molecule has 0 aliphatic carbocycles. The Balaban J connectivity index is 1.60. The fourth-order valence-electron chi connectivity index (χ4n) is 4.35. The van der Waals surface area contributed by atoms with Crippen LogP contribution in [-0.2, 0) is 13.2 Å². The second-order valence-electron chi connectivity index (χ2n) is 9.13. The van der Waals surface area contributed by atoms with Gasteiger partial charge < -0.3 is 10.2 Å². The molecule has 3 aromatic heterocycles. The van der Waals surface area contributed by atoms with Gasteiger partial charge in [0, 0.05) is 38.6 Å². The quantitative estimate of drug-likeness (QED) is 0.501. The van der Waals surface area contributed by atoms with Crippen LogP contribution in [0.25, 0.3) is 11.3 Å². The normalized spacial score (nSPS) is 19.8. The van der Waals surface area contributed by atoms with Crippen molar-refractivity contribution in [1.29, 1.82) is 0 Å². The van der Waals surface area contributed by atoms with Gasteiger partial charge in [-0.1, -0.05) is 13.0 Å². The summed E-state index contributed by atoms with van der Waals surface area (Å²) in [5.74, 6) is -4.24. The Bertz CT molecular complexity index is 1220. The second kappa shape index (κ2) is 9.47.